The van der Waals surface area contributed by atoms with E-state index in [0.29, 0.717) is 12.3 Å². The Morgan fingerprint density at radius 2 is 1.72 bits per heavy atom. The lowest BCUT2D eigenvalue weighted by molar-refractivity contribution is 0.102. The van der Waals surface area contributed by atoms with Gasteiger partial charge in [-0.15, -0.1) is 10.2 Å². The number of ketones is 1. The largest absolute Gasteiger partial charge is 0.496 e. The fourth-order valence-electron chi connectivity index (χ4n) is 4.22. The van der Waals surface area contributed by atoms with Crippen LogP contribution in [0, 0.1) is 0 Å². The second-order valence-electron chi connectivity index (χ2n) is 7.67. The van der Waals surface area contributed by atoms with E-state index in [1.165, 1.54) is 34.0 Å². The minimum Gasteiger partial charge on any atom is -0.496 e. The molecule has 0 N–H and O–H groups in total. The van der Waals surface area contributed by atoms with Crippen molar-refractivity contribution in [1.82, 2.24) is 14.8 Å². The summed E-state index contributed by atoms with van der Waals surface area (Å²) in [6.45, 7) is 2.75. The van der Waals surface area contributed by atoms with Crippen molar-refractivity contribution >= 4 is 17.5 Å². The molecule has 1 aromatic heterocycles. The van der Waals surface area contributed by atoms with Crippen LogP contribution >= 0.6 is 11.8 Å². The van der Waals surface area contributed by atoms with E-state index >= 15 is 0 Å². The molecule has 0 saturated carbocycles. The third-order valence-electron chi connectivity index (χ3n) is 5.83. The van der Waals surface area contributed by atoms with Crippen LogP contribution in [0.4, 0.5) is 0 Å². The summed E-state index contributed by atoms with van der Waals surface area (Å²) in [4.78, 5) is 13.0. The van der Waals surface area contributed by atoms with Crippen molar-refractivity contribution in [1.29, 1.82) is 0 Å². The van der Waals surface area contributed by atoms with Crippen LogP contribution in [0.15, 0.2) is 71.9 Å². The van der Waals surface area contributed by atoms with Crippen molar-refractivity contribution < 1.29 is 9.53 Å². The van der Waals surface area contributed by atoms with Gasteiger partial charge < -0.3 is 9.30 Å². The summed E-state index contributed by atoms with van der Waals surface area (Å²) >= 11 is 1.42. The number of ether oxygens (including phenoxy) is 1. The zero-order chi connectivity index (χ0) is 22.1. The Morgan fingerprint density at radius 3 is 2.53 bits per heavy atom. The fourth-order valence-corrected chi connectivity index (χ4v) is 5.12. The molecule has 0 spiro atoms. The molecule has 5 nitrogen and oxygen atoms in total. The summed E-state index contributed by atoms with van der Waals surface area (Å²) in [6.07, 6.45) is 0.931. The summed E-state index contributed by atoms with van der Waals surface area (Å²) in [5.41, 5.74) is 6.63. The predicted octanol–water partition coefficient (Wildman–Crippen LogP) is 5.52. The Hall–Kier alpha value is -3.38. The van der Waals surface area contributed by atoms with Gasteiger partial charge in [0.25, 0.3) is 0 Å². The van der Waals surface area contributed by atoms with Crippen LogP contribution in [-0.2, 0) is 13.0 Å². The van der Waals surface area contributed by atoms with E-state index in [-0.39, 0.29) is 5.78 Å². The Kier molecular flexibility index (Phi) is 5.53. The number of nitrogens with zero attached hydrogens (tertiary/aromatic N) is 3. The Labute approximate surface area is 191 Å². The zero-order valence-electron chi connectivity index (χ0n) is 18.0. The van der Waals surface area contributed by atoms with Crippen LogP contribution in [0.5, 0.6) is 5.75 Å². The van der Waals surface area contributed by atoms with Crippen LogP contribution in [0.2, 0.25) is 0 Å². The Balaban J connectivity index is 1.36. The Morgan fingerprint density at radius 1 is 0.969 bits per heavy atom. The quantitative estimate of drug-likeness (QED) is 0.246. The van der Waals surface area contributed by atoms with Gasteiger partial charge in [0.05, 0.1) is 18.4 Å². The van der Waals surface area contributed by atoms with Gasteiger partial charge in [0, 0.05) is 12.1 Å². The van der Waals surface area contributed by atoms with Gasteiger partial charge in [-0.05, 0) is 53.8 Å². The van der Waals surface area contributed by atoms with E-state index < -0.39 is 0 Å². The van der Waals surface area contributed by atoms with Crippen molar-refractivity contribution in [2.24, 2.45) is 0 Å². The molecule has 1 heterocycles. The summed E-state index contributed by atoms with van der Waals surface area (Å²) in [5.74, 6) is 1.89. The van der Waals surface area contributed by atoms with Gasteiger partial charge in [0.15, 0.2) is 16.8 Å². The minimum absolute atomic E-state index is 0.0895. The number of benzene rings is 3. The molecule has 160 valence electrons. The monoisotopic (exact) mass is 441 g/mol. The number of carbonyl (C=O) groups is 1. The first-order chi connectivity index (χ1) is 15.7. The highest BCUT2D eigenvalue weighted by atomic mass is 32.2. The Bertz CT molecular complexity index is 1310. The minimum atomic E-state index is 0.0895. The van der Waals surface area contributed by atoms with Gasteiger partial charge in [-0.1, -0.05) is 60.3 Å². The number of aromatic nitrogens is 3. The third kappa shape index (κ3) is 3.60. The first-order valence-electron chi connectivity index (χ1n) is 10.6. The van der Waals surface area contributed by atoms with Gasteiger partial charge in [-0.2, -0.15) is 0 Å². The summed E-state index contributed by atoms with van der Waals surface area (Å²) < 4.78 is 7.51. The number of rotatable bonds is 7. The maximum atomic E-state index is 13.0. The SMILES string of the molecule is CCn1c(SCC(=O)c2ccc3c(c2)-c2ccccc2C3)nnc1-c1ccccc1OC. The van der Waals surface area contributed by atoms with Crippen molar-refractivity contribution in [2.75, 3.05) is 12.9 Å². The summed E-state index contributed by atoms with van der Waals surface area (Å²) in [6, 6.07) is 22.2. The highest BCUT2D eigenvalue weighted by molar-refractivity contribution is 7.99. The molecular weight excluding hydrogens is 418 g/mol. The average Bonchev–Trinajstić information content (AvgIpc) is 3.42. The fraction of sp³-hybridized carbons (Fsp3) is 0.192. The molecule has 5 rings (SSSR count). The van der Waals surface area contributed by atoms with Crippen molar-refractivity contribution in [3.05, 3.63) is 83.4 Å². The van der Waals surface area contributed by atoms with E-state index in [1.54, 1.807) is 7.11 Å². The van der Waals surface area contributed by atoms with E-state index in [4.69, 9.17) is 4.74 Å². The number of Topliss-reactive ketones (excluding diaryl/α,β-unsaturated/α-hetero) is 1. The number of para-hydroxylation sites is 1. The van der Waals surface area contributed by atoms with Crippen LogP contribution < -0.4 is 4.74 Å². The second kappa shape index (κ2) is 8.63. The molecular formula is C26H23N3O2S. The molecule has 0 aliphatic heterocycles. The standard InChI is InChI=1S/C26H23N3O2S/c1-3-29-25(21-10-6-7-11-24(21)31-2)27-28-26(29)32-16-23(30)19-13-12-18-14-17-8-4-5-9-20(17)22(18)15-19/h4-13,15H,3,14,16H2,1-2H3. The van der Waals surface area contributed by atoms with E-state index in [1.807, 2.05) is 47.9 Å². The predicted molar refractivity (Wildman–Crippen MR) is 127 cm³/mol. The molecule has 0 unspecified atom stereocenters. The summed E-state index contributed by atoms with van der Waals surface area (Å²) in [7, 11) is 1.65. The molecule has 0 atom stereocenters. The second-order valence-corrected chi connectivity index (χ2v) is 8.61. The zero-order valence-corrected chi connectivity index (χ0v) is 18.9. The molecule has 1 aliphatic rings. The van der Waals surface area contributed by atoms with Gasteiger partial charge >= 0.3 is 0 Å². The number of methoxy groups -OCH3 is 1. The molecule has 3 aromatic carbocycles. The first-order valence-corrected chi connectivity index (χ1v) is 11.6. The highest BCUT2D eigenvalue weighted by Crippen LogP contribution is 2.37. The number of thioether (sulfide) groups is 1. The van der Waals surface area contributed by atoms with Crippen LogP contribution in [0.1, 0.15) is 28.4 Å². The topological polar surface area (TPSA) is 57.0 Å². The van der Waals surface area contributed by atoms with Gasteiger partial charge in [0.2, 0.25) is 0 Å². The van der Waals surface area contributed by atoms with Gasteiger partial charge in [-0.25, -0.2) is 0 Å². The number of hydrogen-bond acceptors (Lipinski definition) is 5. The lowest BCUT2D eigenvalue weighted by Gasteiger charge is -2.10. The average molecular weight is 442 g/mol. The normalized spacial score (nSPS) is 11.8. The van der Waals surface area contributed by atoms with Gasteiger partial charge in [0.1, 0.15) is 5.75 Å². The van der Waals surface area contributed by atoms with E-state index in [2.05, 4.69) is 40.5 Å². The molecule has 32 heavy (non-hydrogen) atoms. The molecule has 0 saturated heterocycles. The maximum Gasteiger partial charge on any atom is 0.191 e. The molecule has 0 radical (unpaired) electrons. The van der Waals surface area contributed by atoms with Gasteiger partial charge in [-0.3, -0.25) is 4.79 Å². The van der Waals surface area contributed by atoms with Crippen molar-refractivity contribution in [2.45, 2.75) is 25.0 Å². The number of hydrogen-bond donors (Lipinski definition) is 0. The highest BCUT2D eigenvalue weighted by Gasteiger charge is 2.21. The van der Waals surface area contributed by atoms with Crippen molar-refractivity contribution in [3.8, 4) is 28.3 Å². The lowest BCUT2D eigenvalue weighted by atomic mass is 10.0. The van der Waals surface area contributed by atoms with Crippen molar-refractivity contribution in [3.63, 3.8) is 0 Å². The smallest absolute Gasteiger partial charge is 0.191 e. The maximum absolute atomic E-state index is 13.0. The molecule has 0 fully saturated rings. The molecule has 0 amide bonds. The van der Waals surface area contributed by atoms with Crippen LogP contribution in [0.3, 0.4) is 0 Å². The number of carbonyl (C=O) groups excluding carboxylic acids is 1. The van der Waals surface area contributed by atoms with Crippen LogP contribution in [0.25, 0.3) is 22.5 Å². The van der Waals surface area contributed by atoms with E-state index in [0.717, 1.165) is 34.3 Å². The first kappa shape index (κ1) is 20.5. The molecule has 4 aromatic rings. The molecule has 6 heteroatoms. The number of fused-ring (bicyclic) bond motifs is 3. The molecule has 1 aliphatic carbocycles. The van der Waals surface area contributed by atoms with E-state index in [9.17, 15) is 4.79 Å². The van der Waals surface area contributed by atoms with Crippen LogP contribution in [-0.4, -0.2) is 33.4 Å². The molecule has 0 bridgehead atoms. The third-order valence-corrected chi connectivity index (χ3v) is 6.80. The lowest BCUT2D eigenvalue weighted by Crippen LogP contribution is -2.06. The summed E-state index contributed by atoms with van der Waals surface area (Å²) in [5, 5.41) is 9.48.